The van der Waals surface area contributed by atoms with Gasteiger partial charge < -0.3 is 14.1 Å². The largest absolute Gasteiger partial charge is 0.473 e. The minimum Gasteiger partial charge on any atom is -0.473 e. The molecule has 0 spiro atoms. The summed E-state index contributed by atoms with van der Waals surface area (Å²) < 4.78 is 12.8. The third-order valence-electron chi connectivity index (χ3n) is 5.29. The van der Waals surface area contributed by atoms with Crippen LogP contribution in [0.4, 0.5) is 5.69 Å². The Balaban J connectivity index is 1.65. The topological polar surface area (TPSA) is 42.7 Å². The Kier molecular flexibility index (Phi) is 4.40. The lowest BCUT2D eigenvalue weighted by atomic mass is 9.99. The van der Waals surface area contributed by atoms with Gasteiger partial charge in [-0.1, -0.05) is 46.3 Å². The lowest BCUT2D eigenvalue weighted by Gasteiger charge is -2.31. The van der Waals surface area contributed by atoms with Gasteiger partial charge in [0.05, 0.1) is 12.1 Å². The van der Waals surface area contributed by atoms with Crippen LogP contribution < -0.4 is 15.3 Å². The van der Waals surface area contributed by atoms with E-state index in [4.69, 9.17) is 9.15 Å². The van der Waals surface area contributed by atoms with E-state index in [9.17, 15) is 4.79 Å². The Labute approximate surface area is 176 Å². The van der Waals surface area contributed by atoms with Gasteiger partial charge in [0.15, 0.2) is 6.73 Å². The normalized spacial score (nSPS) is 13.2. The molecule has 5 heteroatoms. The van der Waals surface area contributed by atoms with Gasteiger partial charge in [0.1, 0.15) is 11.3 Å². The Hall–Kier alpha value is -3.05. The van der Waals surface area contributed by atoms with E-state index in [0.29, 0.717) is 18.9 Å². The lowest BCUT2D eigenvalue weighted by molar-refractivity contribution is 0.289. The summed E-state index contributed by atoms with van der Waals surface area (Å²) in [5.74, 6) is 0.760. The highest BCUT2D eigenvalue weighted by molar-refractivity contribution is 9.10. The minimum atomic E-state index is -0.360. The molecule has 1 aliphatic heterocycles. The Bertz CT molecular complexity index is 1280. The summed E-state index contributed by atoms with van der Waals surface area (Å²) >= 11 is 3.55. The number of halogens is 1. The SMILES string of the molecule is Cc1cc(N2COc3ccc4c(-c5ccccc5)cc(=O)oc4c3C2)ccc1Br. The molecule has 0 unspecified atom stereocenters. The quantitative estimate of drug-likeness (QED) is 0.359. The van der Waals surface area contributed by atoms with Gasteiger partial charge in [-0.05, 0) is 53.9 Å². The molecule has 1 aromatic heterocycles. The first-order valence-corrected chi connectivity index (χ1v) is 10.2. The van der Waals surface area contributed by atoms with E-state index in [0.717, 1.165) is 43.5 Å². The van der Waals surface area contributed by atoms with Crippen LogP contribution in [-0.4, -0.2) is 6.73 Å². The monoisotopic (exact) mass is 447 g/mol. The molecule has 0 aliphatic carbocycles. The second-order valence-corrected chi connectivity index (χ2v) is 8.02. The van der Waals surface area contributed by atoms with Gasteiger partial charge in [-0.3, -0.25) is 0 Å². The van der Waals surface area contributed by atoms with Crippen molar-refractivity contribution < 1.29 is 9.15 Å². The summed E-state index contributed by atoms with van der Waals surface area (Å²) in [5.41, 5.74) is 5.20. The summed E-state index contributed by atoms with van der Waals surface area (Å²) in [6.45, 7) is 3.12. The Morgan fingerprint density at radius 3 is 2.62 bits per heavy atom. The maximum atomic E-state index is 12.4. The fourth-order valence-electron chi connectivity index (χ4n) is 3.78. The number of hydrogen-bond donors (Lipinski definition) is 0. The van der Waals surface area contributed by atoms with Crippen LogP contribution in [0.2, 0.25) is 0 Å². The molecule has 0 saturated heterocycles. The highest BCUT2D eigenvalue weighted by Gasteiger charge is 2.23. The zero-order chi connectivity index (χ0) is 20.0. The van der Waals surface area contributed by atoms with Crippen molar-refractivity contribution in [2.45, 2.75) is 13.5 Å². The van der Waals surface area contributed by atoms with Crippen molar-refractivity contribution in [1.82, 2.24) is 0 Å². The maximum absolute atomic E-state index is 12.4. The Morgan fingerprint density at radius 1 is 1.00 bits per heavy atom. The van der Waals surface area contributed by atoms with Gasteiger partial charge in [0, 0.05) is 21.6 Å². The molecule has 0 atom stereocenters. The van der Waals surface area contributed by atoms with Crippen LogP contribution in [0.1, 0.15) is 11.1 Å². The predicted octanol–water partition coefficient (Wildman–Crippen LogP) is 5.89. The van der Waals surface area contributed by atoms with Crippen LogP contribution >= 0.6 is 15.9 Å². The first-order valence-electron chi connectivity index (χ1n) is 9.39. The molecule has 0 radical (unpaired) electrons. The van der Waals surface area contributed by atoms with E-state index in [-0.39, 0.29) is 5.63 Å². The van der Waals surface area contributed by atoms with Gasteiger partial charge in [-0.15, -0.1) is 0 Å². The van der Waals surface area contributed by atoms with E-state index in [2.05, 4.69) is 39.9 Å². The van der Waals surface area contributed by atoms with Crippen molar-refractivity contribution in [1.29, 1.82) is 0 Å². The molecule has 0 saturated carbocycles. The highest BCUT2D eigenvalue weighted by Crippen LogP contribution is 2.37. The molecule has 1 aliphatic rings. The van der Waals surface area contributed by atoms with Gasteiger partial charge in [-0.2, -0.15) is 0 Å². The van der Waals surface area contributed by atoms with E-state index in [1.807, 2.05) is 48.5 Å². The first kappa shape index (κ1) is 18.0. The number of rotatable bonds is 2. The van der Waals surface area contributed by atoms with E-state index >= 15 is 0 Å². The summed E-state index contributed by atoms with van der Waals surface area (Å²) in [6.07, 6.45) is 0. The van der Waals surface area contributed by atoms with Crippen LogP contribution in [0.3, 0.4) is 0 Å². The molecule has 3 aromatic carbocycles. The van der Waals surface area contributed by atoms with Gasteiger partial charge in [0.2, 0.25) is 0 Å². The van der Waals surface area contributed by atoms with E-state index < -0.39 is 0 Å². The number of anilines is 1. The van der Waals surface area contributed by atoms with Crippen LogP contribution in [0.15, 0.2) is 80.4 Å². The lowest BCUT2D eigenvalue weighted by Crippen LogP contribution is -2.32. The van der Waals surface area contributed by atoms with Crippen molar-refractivity contribution in [3.8, 4) is 16.9 Å². The molecule has 29 heavy (non-hydrogen) atoms. The molecule has 0 bridgehead atoms. The van der Waals surface area contributed by atoms with Gasteiger partial charge in [-0.25, -0.2) is 4.79 Å². The number of fused-ring (bicyclic) bond motifs is 3. The van der Waals surface area contributed by atoms with Crippen molar-refractivity contribution in [3.63, 3.8) is 0 Å². The molecule has 4 aromatic rings. The Morgan fingerprint density at radius 2 is 1.83 bits per heavy atom. The van der Waals surface area contributed by atoms with Crippen LogP contribution in [0.25, 0.3) is 22.1 Å². The summed E-state index contributed by atoms with van der Waals surface area (Å²) in [6, 6.07) is 21.6. The fourth-order valence-corrected chi connectivity index (χ4v) is 4.03. The van der Waals surface area contributed by atoms with E-state index in [1.165, 1.54) is 0 Å². The molecule has 5 rings (SSSR count). The molecule has 2 heterocycles. The zero-order valence-corrected chi connectivity index (χ0v) is 17.4. The molecule has 0 fully saturated rings. The number of nitrogens with zero attached hydrogens (tertiary/aromatic N) is 1. The third kappa shape index (κ3) is 3.21. The first-order chi connectivity index (χ1) is 14.1. The molecular weight excluding hydrogens is 430 g/mol. The second kappa shape index (κ2) is 7.08. The van der Waals surface area contributed by atoms with E-state index in [1.54, 1.807) is 6.07 Å². The average Bonchev–Trinajstić information content (AvgIpc) is 2.75. The zero-order valence-electron chi connectivity index (χ0n) is 15.8. The van der Waals surface area contributed by atoms with Crippen LogP contribution in [0, 0.1) is 6.92 Å². The molecular formula is C24H18BrNO3. The summed E-state index contributed by atoms with van der Waals surface area (Å²) in [4.78, 5) is 14.5. The second-order valence-electron chi connectivity index (χ2n) is 7.17. The van der Waals surface area contributed by atoms with Crippen molar-refractivity contribution in [2.24, 2.45) is 0 Å². The van der Waals surface area contributed by atoms with Gasteiger partial charge >= 0.3 is 5.63 Å². The fraction of sp³-hybridized carbons (Fsp3) is 0.125. The minimum absolute atomic E-state index is 0.360. The highest BCUT2D eigenvalue weighted by atomic mass is 79.9. The van der Waals surface area contributed by atoms with Gasteiger partial charge in [0.25, 0.3) is 0 Å². The maximum Gasteiger partial charge on any atom is 0.336 e. The summed E-state index contributed by atoms with van der Waals surface area (Å²) in [7, 11) is 0. The standard InChI is InChI=1S/C24H18BrNO3/c1-15-11-17(7-9-21(15)25)26-13-20-22(28-14-26)10-8-18-19(12-23(27)29-24(18)20)16-5-3-2-4-6-16/h2-12H,13-14H2,1H3. The number of benzene rings is 3. The molecule has 144 valence electrons. The molecule has 4 nitrogen and oxygen atoms in total. The predicted molar refractivity (Wildman–Crippen MR) is 118 cm³/mol. The summed E-state index contributed by atoms with van der Waals surface area (Å²) in [5, 5.41) is 0.909. The van der Waals surface area contributed by atoms with Crippen LogP contribution in [0.5, 0.6) is 5.75 Å². The smallest absolute Gasteiger partial charge is 0.336 e. The molecule has 0 N–H and O–H groups in total. The third-order valence-corrected chi connectivity index (χ3v) is 6.18. The van der Waals surface area contributed by atoms with Crippen molar-refractivity contribution >= 4 is 32.6 Å². The molecule has 0 amide bonds. The number of aryl methyl sites for hydroxylation is 1. The van der Waals surface area contributed by atoms with Crippen molar-refractivity contribution in [3.05, 3.63) is 92.7 Å². The van der Waals surface area contributed by atoms with Crippen LogP contribution in [-0.2, 0) is 6.54 Å². The number of hydrogen-bond acceptors (Lipinski definition) is 4. The number of ether oxygens (including phenoxy) is 1. The van der Waals surface area contributed by atoms with Crippen molar-refractivity contribution in [2.75, 3.05) is 11.6 Å². The average molecular weight is 448 g/mol.